The van der Waals surface area contributed by atoms with Gasteiger partial charge in [-0.15, -0.1) is 0 Å². The minimum atomic E-state index is -0.223. The van der Waals surface area contributed by atoms with E-state index in [-0.39, 0.29) is 7.92 Å². The van der Waals surface area contributed by atoms with Crippen molar-refractivity contribution in [3.63, 3.8) is 0 Å². The highest BCUT2D eigenvalue weighted by Crippen LogP contribution is 2.36. The van der Waals surface area contributed by atoms with Crippen molar-refractivity contribution in [2.45, 2.75) is 59.3 Å². The monoisotopic (exact) mass is 326 g/mol. The Bertz CT molecular complexity index is 537. The first kappa shape index (κ1) is 18.2. The molecule has 0 aromatic heterocycles. The van der Waals surface area contributed by atoms with Crippen LogP contribution in [0.2, 0.25) is 0 Å². The summed E-state index contributed by atoms with van der Waals surface area (Å²) in [6.45, 7) is 6.93. The van der Waals surface area contributed by atoms with Gasteiger partial charge in [-0.1, -0.05) is 82.1 Å². The number of benzene rings is 2. The lowest BCUT2D eigenvalue weighted by Gasteiger charge is -2.23. The van der Waals surface area contributed by atoms with Crippen LogP contribution in [0.4, 0.5) is 0 Å². The lowest BCUT2D eigenvalue weighted by atomic mass is 10.1. The van der Waals surface area contributed by atoms with Crippen molar-refractivity contribution < 1.29 is 0 Å². The van der Waals surface area contributed by atoms with Gasteiger partial charge in [-0.25, -0.2) is 0 Å². The van der Waals surface area contributed by atoms with Crippen LogP contribution in [0.25, 0.3) is 0 Å². The molecule has 0 N–H and O–H groups in total. The molecule has 124 valence electrons. The fourth-order valence-corrected chi connectivity index (χ4v) is 5.72. The molecule has 0 atom stereocenters. The van der Waals surface area contributed by atoms with Crippen molar-refractivity contribution in [3.8, 4) is 0 Å². The second-order valence-corrected chi connectivity index (χ2v) is 8.66. The molecule has 2 rings (SSSR count). The van der Waals surface area contributed by atoms with Gasteiger partial charge in [0.05, 0.1) is 0 Å². The Morgan fingerprint density at radius 2 is 1.09 bits per heavy atom. The SMILES string of the molecule is CCCCc1ccccc1P(CC)c1ccccc1CCCC. The van der Waals surface area contributed by atoms with E-state index >= 15 is 0 Å². The van der Waals surface area contributed by atoms with E-state index in [1.165, 1.54) is 44.7 Å². The van der Waals surface area contributed by atoms with E-state index in [9.17, 15) is 0 Å². The van der Waals surface area contributed by atoms with Gasteiger partial charge in [-0.05, 0) is 61.5 Å². The van der Waals surface area contributed by atoms with Crippen LogP contribution in [0.15, 0.2) is 48.5 Å². The van der Waals surface area contributed by atoms with Gasteiger partial charge in [-0.2, -0.15) is 0 Å². The first-order chi connectivity index (χ1) is 11.3. The lowest BCUT2D eigenvalue weighted by molar-refractivity contribution is 0.797. The van der Waals surface area contributed by atoms with Gasteiger partial charge in [0.1, 0.15) is 0 Å². The standard InChI is InChI=1S/C22H31P/c1-4-7-13-19-15-9-11-17-21(19)23(6-3)22-18-12-10-16-20(22)14-8-5-2/h9-12,15-18H,4-8,13-14H2,1-3H3. The van der Waals surface area contributed by atoms with Gasteiger partial charge in [0.2, 0.25) is 0 Å². The summed E-state index contributed by atoms with van der Waals surface area (Å²) in [5.74, 6) is 0. The van der Waals surface area contributed by atoms with Crippen molar-refractivity contribution in [1.29, 1.82) is 0 Å². The van der Waals surface area contributed by atoms with Crippen LogP contribution in [0.3, 0.4) is 0 Å². The first-order valence-electron chi connectivity index (χ1n) is 9.25. The summed E-state index contributed by atoms with van der Waals surface area (Å²) in [6.07, 6.45) is 8.81. The molecule has 2 aromatic rings. The summed E-state index contributed by atoms with van der Waals surface area (Å²) >= 11 is 0. The van der Waals surface area contributed by atoms with Crippen LogP contribution >= 0.6 is 7.92 Å². The minimum Gasteiger partial charge on any atom is -0.0654 e. The lowest BCUT2D eigenvalue weighted by Crippen LogP contribution is -2.20. The predicted octanol–water partition coefficient (Wildman–Crippen LogP) is 5.82. The van der Waals surface area contributed by atoms with E-state index in [1.807, 2.05) is 0 Å². The molecule has 0 spiro atoms. The molecule has 0 unspecified atom stereocenters. The van der Waals surface area contributed by atoms with E-state index in [0.717, 1.165) is 0 Å². The van der Waals surface area contributed by atoms with Crippen molar-refractivity contribution in [2.24, 2.45) is 0 Å². The summed E-state index contributed by atoms with van der Waals surface area (Å²) in [4.78, 5) is 0. The quantitative estimate of drug-likeness (QED) is 0.509. The Kier molecular flexibility index (Phi) is 7.83. The van der Waals surface area contributed by atoms with E-state index in [0.29, 0.717) is 0 Å². The third kappa shape index (κ3) is 4.92. The average molecular weight is 326 g/mol. The van der Waals surface area contributed by atoms with E-state index in [1.54, 1.807) is 21.7 Å². The van der Waals surface area contributed by atoms with E-state index < -0.39 is 0 Å². The molecule has 0 nitrogen and oxygen atoms in total. The number of aryl methyl sites for hydroxylation is 2. The second kappa shape index (κ2) is 9.89. The summed E-state index contributed by atoms with van der Waals surface area (Å²) in [5, 5.41) is 3.23. The maximum Gasteiger partial charge on any atom is -0.0163 e. The molecule has 0 radical (unpaired) electrons. The molecular formula is C22H31P. The number of rotatable bonds is 9. The number of hydrogen-bond donors (Lipinski definition) is 0. The largest absolute Gasteiger partial charge is 0.0654 e. The van der Waals surface area contributed by atoms with Crippen LogP contribution in [0, 0.1) is 0 Å². The maximum atomic E-state index is 2.39. The summed E-state index contributed by atoms with van der Waals surface area (Å²) in [6, 6.07) is 18.3. The van der Waals surface area contributed by atoms with E-state index in [2.05, 4.69) is 69.3 Å². The molecule has 1 heteroatoms. The number of hydrogen-bond acceptors (Lipinski definition) is 0. The van der Waals surface area contributed by atoms with Crippen LogP contribution in [0.5, 0.6) is 0 Å². The fraction of sp³-hybridized carbons (Fsp3) is 0.455. The summed E-state index contributed by atoms with van der Waals surface area (Å²) in [5.41, 5.74) is 3.15. The van der Waals surface area contributed by atoms with Crippen LogP contribution in [0.1, 0.15) is 57.6 Å². The van der Waals surface area contributed by atoms with Crippen molar-refractivity contribution in [3.05, 3.63) is 59.7 Å². The van der Waals surface area contributed by atoms with Crippen molar-refractivity contribution in [2.75, 3.05) is 6.16 Å². The molecule has 0 saturated heterocycles. The molecule has 2 aromatic carbocycles. The molecule has 0 aliphatic heterocycles. The van der Waals surface area contributed by atoms with Crippen LogP contribution in [-0.4, -0.2) is 6.16 Å². The van der Waals surface area contributed by atoms with Crippen LogP contribution in [-0.2, 0) is 12.8 Å². The normalized spacial score (nSPS) is 11.1. The van der Waals surface area contributed by atoms with Gasteiger partial charge in [-0.3, -0.25) is 0 Å². The average Bonchev–Trinajstić information content (AvgIpc) is 2.60. The van der Waals surface area contributed by atoms with Crippen molar-refractivity contribution in [1.82, 2.24) is 0 Å². The topological polar surface area (TPSA) is 0 Å². The van der Waals surface area contributed by atoms with Gasteiger partial charge < -0.3 is 0 Å². The van der Waals surface area contributed by atoms with Gasteiger partial charge >= 0.3 is 0 Å². The molecule has 0 saturated carbocycles. The molecule has 0 bridgehead atoms. The fourth-order valence-electron chi connectivity index (χ4n) is 3.18. The van der Waals surface area contributed by atoms with Gasteiger partial charge in [0, 0.05) is 0 Å². The van der Waals surface area contributed by atoms with Gasteiger partial charge in [0.15, 0.2) is 0 Å². The first-order valence-corrected chi connectivity index (χ1v) is 10.8. The minimum absolute atomic E-state index is 0.223. The molecule has 0 aliphatic rings. The summed E-state index contributed by atoms with van der Waals surface area (Å²) in [7, 11) is -0.223. The molecule has 0 aliphatic carbocycles. The third-order valence-corrected chi connectivity index (χ3v) is 7.15. The Labute approximate surface area is 144 Å². The molecule has 23 heavy (non-hydrogen) atoms. The zero-order valence-corrected chi connectivity index (χ0v) is 15.9. The zero-order valence-electron chi connectivity index (χ0n) is 15.0. The Morgan fingerprint density at radius 1 is 0.652 bits per heavy atom. The third-order valence-electron chi connectivity index (χ3n) is 4.48. The molecular weight excluding hydrogens is 295 g/mol. The highest BCUT2D eigenvalue weighted by molar-refractivity contribution is 7.73. The number of unbranched alkanes of at least 4 members (excludes halogenated alkanes) is 2. The smallest absolute Gasteiger partial charge is 0.0163 e. The molecule has 0 heterocycles. The Morgan fingerprint density at radius 3 is 1.48 bits per heavy atom. The Hall–Kier alpha value is -1.13. The Balaban J connectivity index is 2.37. The van der Waals surface area contributed by atoms with Crippen molar-refractivity contribution >= 4 is 18.5 Å². The summed E-state index contributed by atoms with van der Waals surface area (Å²) < 4.78 is 0. The molecule has 0 amide bonds. The van der Waals surface area contributed by atoms with Gasteiger partial charge in [0.25, 0.3) is 0 Å². The maximum absolute atomic E-state index is 2.39. The highest BCUT2D eigenvalue weighted by Gasteiger charge is 2.17. The highest BCUT2D eigenvalue weighted by atomic mass is 31.1. The van der Waals surface area contributed by atoms with Crippen LogP contribution < -0.4 is 10.6 Å². The second-order valence-electron chi connectivity index (χ2n) is 6.21. The molecule has 0 fully saturated rings. The zero-order chi connectivity index (χ0) is 16.5. The van der Waals surface area contributed by atoms with E-state index in [4.69, 9.17) is 0 Å². The predicted molar refractivity (Wildman–Crippen MR) is 107 cm³/mol.